The molecule has 0 amide bonds. The summed E-state index contributed by atoms with van der Waals surface area (Å²) in [6.07, 6.45) is 4.13. The first kappa shape index (κ1) is 10.4. The van der Waals surface area contributed by atoms with E-state index in [1.807, 2.05) is 0 Å². The lowest BCUT2D eigenvalue weighted by Gasteiger charge is -2.33. The van der Waals surface area contributed by atoms with Crippen molar-refractivity contribution in [2.75, 3.05) is 26.2 Å². The Morgan fingerprint density at radius 2 is 2.21 bits per heavy atom. The third kappa shape index (κ3) is 2.71. The molecule has 0 aromatic carbocycles. The van der Waals surface area contributed by atoms with Crippen molar-refractivity contribution in [2.45, 2.75) is 39.2 Å². The molecule has 0 aromatic rings. The maximum absolute atomic E-state index is 3.61. The summed E-state index contributed by atoms with van der Waals surface area (Å²) in [5.41, 5.74) is 0. The summed E-state index contributed by atoms with van der Waals surface area (Å²) in [6.45, 7) is 9.79. The van der Waals surface area contributed by atoms with Gasteiger partial charge in [0.25, 0.3) is 0 Å². The van der Waals surface area contributed by atoms with E-state index in [1.54, 1.807) is 0 Å². The van der Waals surface area contributed by atoms with Gasteiger partial charge in [0.05, 0.1) is 0 Å². The van der Waals surface area contributed by atoms with Gasteiger partial charge < -0.3 is 10.2 Å². The van der Waals surface area contributed by atoms with Gasteiger partial charge in [-0.3, -0.25) is 0 Å². The molecule has 1 saturated heterocycles. The second-order valence-electron chi connectivity index (χ2n) is 5.17. The minimum Gasteiger partial charge on any atom is -0.311 e. The molecule has 0 radical (unpaired) electrons. The van der Waals surface area contributed by atoms with E-state index in [0.717, 1.165) is 17.9 Å². The third-order valence-electron chi connectivity index (χ3n) is 3.75. The van der Waals surface area contributed by atoms with Crippen molar-refractivity contribution in [2.24, 2.45) is 11.8 Å². The largest absolute Gasteiger partial charge is 0.311 e. The highest BCUT2D eigenvalue weighted by Crippen LogP contribution is 2.38. The molecule has 3 atom stereocenters. The lowest BCUT2D eigenvalue weighted by atomic mass is 10.1. The molecule has 1 heterocycles. The van der Waals surface area contributed by atoms with E-state index in [2.05, 4.69) is 24.1 Å². The number of piperazine rings is 1. The molecule has 0 spiro atoms. The van der Waals surface area contributed by atoms with Gasteiger partial charge in [-0.2, -0.15) is 0 Å². The fourth-order valence-corrected chi connectivity index (χ4v) is 2.59. The Kier molecular flexibility index (Phi) is 3.45. The summed E-state index contributed by atoms with van der Waals surface area (Å²) < 4.78 is 0. The molecule has 1 saturated carbocycles. The monoisotopic (exact) mass is 196 g/mol. The SMILES string of the molecule is CCCC1CN(CC2CC2C)CCN1. The van der Waals surface area contributed by atoms with E-state index in [9.17, 15) is 0 Å². The van der Waals surface area contributed by atoms with Gasteiger partial charge in [0.2, 0.25) is 0 Å². The minimum absolute atomic E-state index is 0.766. The van der Waals surface area contributed by atoms with Crippen LogP contribution < -0.4 is 5.32 Å². The van der Waals surface area contributed by atoms with E-state index < -0.39 is 0 Å². The summed E-state index contributed by atoms with van der Waals surface area (Å²) in [5, 5.41) is 3.61. The zero-order valence-corrected chi connectivity index (χ0v) is 9.63. The van der Waals surface area contributed by atoms with Gasteiger partial charge in [-0.05, 0) is 24.7 Å². The van der Waals surface area contributed by atoms with Gasteiger partial charge in [-0.25, -0.2) is 0 Å². The first-order chi connectivity index (χ1) is 6.79. The second kappa shape index (κ2) is 4.63. The van der Waals surface area contributed by atoms with E-state index in [0.29, 0.717) is 0 Å². The molecular weight excluding hydrogens is 172 g/mol. The molecule has 1 N–H and O–H groups in total. The first-order valence-electron chi connectivity index (χ1n) is 6.25. The quantitative estimate of drug-likeness (QED) is 0.736. The molecule has 1 aliphatic heterocycles. The second-order valence-corrected chi connectivity index (χ2v) is 5.17. The molecule has 0 aromatic heterocycles. The zero-order chi connectivity index (χ0) is 9.97. The number of hydrogen-bond acceptors (Lipinski definition) is 2. The van der Waals surface area contributed by atoms with E-state index in [-0.39, 0.29) is 0 Å². The van der Waals surface area contributed by atoms with Crippen LogP contribution in [0.4, 0.5) is 0 Å². The van der Waals surface area contributed by atoms with E-state index in [1.165, 1.54) is 45.4 Å². The molecule has 3 unspecified atom stereocenters. The number of rotatable bonds is 4. The summed E-state index contributed by atoms with van der Waals surface area (Å²) >= 11 is 0. The Morgan fingerprint density at radius 3 is 2.86 bits per heavy atom. The van der Waals surface area contributed by atoms with E-state index >= 15 is 0 Å². The van der Waals surface area contributed by atoms with E-state index in [4.69, 9.17) is 0 Å². The van der Waals surface area contributed by atoms with Gasteiger partial charge in [-0.15, -0.1) is 0 Å². The molecule has 2 fully saturated rings. The van der Waals surface area contributed by atoms with Crippen molar-refractivity contribution in [1.29, 1.82) is 0 Å². The number of hydrogen-bond donors (Lipinski definition) is 1. The smallest absolute Gasteiger partial charge is 0.0195 e. The van der Waals surface area contributed by atoms with Gasteiger partial charge in [0.1, 0.15) is 0 Å². The van der Waals surface area contributed by atoms with Crippen LogP contribution in [0.1, 0.15) is 33.1 Å². The lowest BCUT2D eigenvalue weighted by molar-refractivity contribution is 0.185. The standard InChI is InChI=1S/C12H24N2/c1-3-4-12-9-14(6-5-13-12)8-11-7-10(11)2/h10-13H,3-9H2,1-2H3. The molecule has 82 valence electrons. The molecule has 2 nitrogen and oxygen atoms in total. The molecule has 0 bridgehead atoms. The fraction of sp³-hybridized carbons (Fsp3) is 1.00. The van der Waals surface area contributed by atoms with Crippen molar-refractivity contribution in [3.05, 3.63) is 0 Å². The molecule has 2 aliphatic rings. The highest BCUT2D eigenvalue weighted by Gasteiger charge is 2.34. The topological polar surface area (TPSA) is 15.3 Å². The van der Waals surface area contributed by atoms with Gasteiger partial charge in [0, 0.05) is 32.2 Å². The average molecular weight is 196 g/mol. The highest BCUT2D eigenvalue weighted by atomic mass is 15.2. The number of nitrogens with one attached hydrogen (secondary N) is 1. The van der Waals surface area contributed by atoms with Crippen molar-refractivity contribution in [3.8, 4) is 0 Å². The van der Waals surface area contributed by atoms with Crippen LogP contribution in [0.25, 0.3) is 0 Å². The normalized spacial score (nSPS) is 38.6. The zero-order valence-electron chi connectivity index (χ0n) is 9.63. The third-order valence-corrected chi connectivity index (χ3v) is 3.75. The minimum atomic E-state index is 0.766. The Hall–Kier alpha value is -0.0800. The fourth-order valence-electron chi connectivity index (χ4n) is 2.59. The maximum Gasteiger partial charge on any atom is 0.0195 e. The predicted octanol–water partition coefficient (Wildman–Crippen LogP) is 1.72. The summed E-state index contributed by atoms with van der Waals surface area (Å²) in [5.74, 6) is 2.03. The van der Waals surface area contributed by atoms with Crippen LogP contribution in [0.15, 0.2) is 0 Å². The van der Waals surface area contributed by atoms with Crippen LogP contribution in [0.3, 0.4) is 0 Å². The van der Waals surface area contributed by atoms with Crippen LogP contribution >= 0.6 is 0 Å². The van der Waals surface area contributed by atoms with Crippen molar-refractivity contribution >= 4 is 0 Å². The van der Waals surface area contributed by atoms with Crippen LogP contribution in [-0.2, 0) is 0 Å². The van der Waals surface area contributed by atoms with Crippen LogP contribution in [-0.4, -0.2) is 37.1 Å². The molecule has 2 heteroatoms. The van der Waals surface area contributed by atoms with Gasteiger partial charge in [0.15, 0.2) is 0 Å². The summed E-state index contributed by atoms with van der Waals surface area (Å²) in [7, 11) is 0. The first-order valence-corrected chi connectivity index (χ1v) is 6.25. The van der Waals surface area contributed by atoms with Gasteiger partial charge >= 0.3 is 0 Å². The lowest BCUT2D eigenvalue weighted by Crippen LogP contribution is -2.51. The average Bonchev–Trinajstić information content (AvgIpc) is 2.83. The van der Waals surface area contributed by atoms with Crippen LogP contribution in [0, 0.1) is 11.8 Å². The summed E-state index contributed by atoms with van der Waals surface area (Å²) in [6, 6.07) is 0.766. The highest BCUT2D eigenvalue weighted by molar-refractivity contribution is 4.87. The Bertz CT molecular complexity index is 179. The molecule has 2 rings (SSSR count). The summed E-state index contributed by atoms with van der Waals surface area (Å²) in [4.78, 5) is 2.67. The van der Waals surface area contributed by atoms with Crippen LogP contribution in [0.5, 0.6) is 0 Å². The van der Waals surface area contributed by atoms with Crippen LogP contribution in [0.2, 0.25) is 0 Å². The Morgan fingerprint density at radius 1 is 1.43 bits per heavy atom. The van der Waals surface area contributed by atoms with Crippen molar-refractivity contribution < 1.29 is 0 Å². The molecule has 1 aliphatic carbocycles. The van der Waals surface area contributed by atoms with Crippen molar-refractivity contribution in [1.82, 2.24) is 10.2 Å². The Labute approximate surface area is 88.1 Å². The Balaban J connectivity index is 1.70. The molecule has 14 heavy (non-hydrogen) atoms. The molecular formula is C12H24N2. The number of nitrogens with zero attached hydrogens (tertiary/aromatic N) is 1. The van der Waals surface area contributed by atoms with Gasteiger partial charge in [-0.1, -0.05) is 20.3 Å². The predicted molar refractivity (Wildman–Crippen MR) is 60.4 cm³/mol. The van der Waals surface area contributed by atoms with Crippen molar-refractivity contribution in [3.63, 3.8) is 0 Å². The maximum atomic E-state index is 3.61.